The van der Waals surface area contributed by atoms with Gasteiger partial charge in [0.1, 0.15) is 6.04 Å². The summed E-state index contributed by atoms with van der Waals surface area (Å²) in [6.45, 7) is 5.97. The monoisotopic (exact) mass is 368 g/mol. The van der Waals surface area contributed by atoms with E-state index in [4.69, 9.17) is 0 Å². The molecule has 0 aliphatic heterocycles. The molecule has 0 saturated heterocycles. The third kappa shape index (κ3) is 3.76. The first-order chi connectivity index (χ1) is 12.8. The maximum absolute atomic E-state index is 13.2. The lowest BCUT2D eigenvalue weighted by Crippen LogP contribution is -2.63. The van der Waals surface area contributed by atoms with Gasteiger partial charge in [0.25, 0.3) is 5.91 Å². The summed E-state index contributed by atoms with van der Waals surface area (Å²) < 4.78 is 0. The second-order valence-corrected chi connectivity index (χ2v) is 9.75. The van der Waals surface area contributed by atoms with Crippen LogP contribution in [0.25, 0.3) is 0 Å². The fraction of sp³-hybridized carbons (Fsp3) is 0.652. The van der Waals surface area contributed by atoms with Crippen LogP contribution in [0.3, 0.4) is 0 Å². The number of amides is 2. The average Bonchev–Trinajstić information content (AvgIpc) is 2.57. The van der Waals surface area contributed by atoms with Crippen molar-refractivity contribution in [1.29, 1.82) is 0 Å². The lowest BCUT2D eigenvalue weighted by atomic mass is 9.53. The standard InChI is InChI=1S/C23H32N2O2/c1-14(2)20(24-21(26)19-6-4-5-15(3)7-19)22(27)25-23-11-16-8-17(12-23)10-18(9-16)13-23/h4-7,14,16-18,20H,8-13H2,1-3H3,(H,24,26)(H,25,27)/t16?,17?,18?,20-,23?/m0/s1. The molecular formula is C23H32N2O2. The van der Waals surface area contributed by atoms with Gasteiger partial charge >= 0.3 is 0 Å². The molecule has 2 amide bonds. The smallest absolute Gasteiger partial charge is 0.251 e. The molecule has 4 aliphatic rings. The normalized spacial score (nSPS) is 32.4. The molecule has 0 unspecified atom stereocenters. The van der Waals surface area contributed by atoms with E-state index in [1.54, 1.807) is 6.07 Å². The van der Waals surface area contributed by atoms with Crippen LogP contribution in [0.2, 0.25) is 0 Å². The highest BCUT2D eigenvalue weighted by molar-refractivity contribution is 5.97. The Morgan fingerprint density at radius 2 is 1.63 bits per heavy atom. The molecular weight excluding hydrogens is 336 g/mol. The van der Waals surface area contributed by atoms with Crippen LogP contribution in [0, 0.1) is 30.6 Å². The second-order valence-electron chi connectivity index (χ2n) is 9.75. The number of aryl methyl sites for hydroxylation is 1. The van der Waals surface area contributed by atoms with Crippen LogP contribution < -0.4 is 10.6 Å². The topological polar surface area (TPSA) is 58.2 Å². The molecule has 1 aromatic rings. The number of benzene rings is 1. The van der Waals surface area contributed by atoms with E-state index in [0.29, 0.717) is 5.56 Å². The van der Waals surface area contributed by atoms with Gasteiger partial charge < -0.3 is 10.6 Å². The lowest BCUT2D eigenvalue weighted by Gasteiger charge is -2.57. The summed E-state index contributed by atoms with van der Waals surface area (Å²) in [6, 6.07) is 7.02. The van der Waals surface area contributed by atoms with Crippen LogP contribution in [0.5, 0.6) is 0 Å². The number of carbonyl (C=O) groups is 2. The van der Waals surface area contributed by atoms with E-state index in [1.165, 1.54) is 19.3 Å². The summed E-state index contributed by atoms with van der Waals surface area (Å²) in [7, 11) is 0. The third-order valence-electron chi connectivity index (χ3n) is 6.94. The minimum Gasteiger partial charge on any atom is -0.349 e. The van der Waals surface area contributed by atoms with Gasteiger partial charge in [-0.15, -0.1) is 0 Å². The number of hydrogen-bond donors (Lipinski definition) is 2. The molecule has 27 heavy (non-hydrogen) atoms. The first kappa shape index (κ1) is 18.5. The van der Waals surface area contributed by atoms with Crippen LogP contribution in [0.15, 0.2) is 24.3 Å². The van der Waals surface area contributed by atoms with Gasteiger partial charge in [-0.2, -0.15) is 0 Å². The molecule has 0 heterocycles. The van der Waals surface area contributed by atoms with Crippen molar-refractivity contribution in [3.05, 3.63) is 35.4 Å². The second kappa shape index (κ2) is 6.96. The zero-order valence-corrected chi connectivity index (χ0v) is 16.8. The molecule has 0 radical (unpaired) electrons. The summed E-state index contributed by atoms with van der Waals surface area (Å²) in [4.78, 5) is 25.9. The molecule has 4 heteroatoms. The zero-order chi connectivity index (χ0) is 19.2. The van der Waals surface area contributed by atoms with E-state index in [2.05, 4.69) is 10.6 Å². The molecule has 2 N–H and O–H groups in total. The molecule has 1 aromatic carbocycles. The molecule has 4 fully saturated rings. The maximum Gasteiger partial charge on any atom is 0.251 e. The Kier molecular flexibility index (Phi) is 4.77. The molecule has 4 saturated carbocycles. The van der Waals surface area contributed by atoms with Crippen molar-refractivity contribution in [2.75, 3.05) is 0 Å². The Balaban J connectivity index is 1.46. The number of carbonyl (C=O) groups excluding carboxylic acids is 2. The Morgan fingerprint density at radius 3 is 2.15 bits per heavy atom. The van der Waals surface area contributed by atoms with Gasteiger partial charge in [0.05, 0.1) is 0 Å². The Morgan fingerprint density at radius 1 is 1.04 bits per heavy atom. The van der Waals surface area contributed by atoms with Gasteiger partial charge in [-0.25, -0.2) is 0 Å². The molecule has 4 aliphatic carbocycles. The number of rotatable bonds is 5. The fourth-order valence-corrected chi connectivity index (χ4v) is 6.15. The first-order valence-corrected chi connectivity index (χ1v) is 10.5. The average molecular weight is 369 g/mol. The Hall–Kier alpha value is -1.84. The van der Waals surface area contributed by atoms with Crippen LogP contribution in [0.4, 0.5) is 0 Å². The summed E-state index contributed by atoms with van der Waals surface area (Å²) in [5.41, 5.74) is 1.64. The van der Waals surface area contributed by atoms with Gasteiger partial charge in [-0.05, 0) is 81.3 Å². The van der Waals surface area contributed by atoms with E-state index >= 15 is 0 Å². The summed E-state index contributed by atoms with van der Waals surface area (Å²) in [5.74, 6) is 2.24. The minimum atomic E-state index is -0.494. The van der Waals surface area contributed by atoms with E-state index in [-0.39, 0.29) is 23.3 Å². The van der Waals surface area contributed by atoms with Crippen LogP contribution in [-0.2, 0) is 4.79 Å². The Labute approximate surface area is 162 Å². The van der Waals surface area contributed by atoms with Gasteiger partial charge in [0.2, 0.25) is 5.91 Å². The molecule has 4 nitrogen and oxygen atoms in total. The number of hydrogen-bond acceptors (Lipinski definition) is 2. The van der Waals surface area contributed by atoms with Crippen molar-refractivity contribution in [2.24, 2.45) is 23.7 Å². The first-order valence-electron chi connectivity index (χ1n) is 10.5. The van der Waals surface area contributed by atoms with Crippen LogP contribution in [-0.4, -0.2) is 23.4 Å². The largest absolute Gasteiger partial charge is 0.349 e. The van der Waals surface area contributed by atoms with Crippen molar-refractivity contribution < 1.29 is 9.59 Å². The zero-order valence-electron chi connectivity index (χ0n) is 16.8. The van der Waals surface area contributed by atoms with Crippen molar-refractivity contribution in [3.8, 4) is 0 Å². The predicted octanol–water partition coefficient (Wildman–Crippen LogP) is 3.83. The highest BCUT2D eigenvalue weighted by Gasteiger charge is 2.52. The van der Waals surface area contributed by atoms with Crippen molar-refractivity contribution in [2.45, 2.75) is 70.9 Å². The highest BCUT2D eigenvalue weighted by Crippen LogP contribution is 2.55. The Bertz CT molecular complexity index is 704. The molecule has 5 rings (SSSR count). The van der Waals surface area contributed by atoms with Crippen LogP contribution in [0.1, 0.15) is 68.3 Å². The molecule has 0 aromatic heterocycles. The fourth-order valence-electron chi connectivity index (χ4n) is 6.15. The van der Waals surface area contributed by atoms with Gasteiger partial charge in [-0.1, -0.05) is 31.5 Å². The molecule has 146 valence electrons. The van der Waals surface area contributed by atoms with Crippen molar-refractivity contribution >= 4 is 11.8 Å². The minimum absolute atomic E-state index is 0.00652. The third-order valence-corrected chi connectivity index (χ3v) is 6.94. The van der Waals surface area contributed by atoms with Gasteiger partial charge in [0, 0.05) is 11.1 Å². The van der Waals surface area contributed by atoms with E-state index in [1.807, 2.05) is 39.0 Å². The SMILES string of the molecule is Cc1cccc(C(=O)N[C@H](C(=O)NC23CC4CC(CC(C4)C2)C3)C(C)C)c1. The van der Waals surface area contributed by atoms with Gasteiger partial charge in [0.15, 0.2) is 0 Å². The lowest BCUT2D eigenvalue weighted by molar-refractivity contribution is -0.129. The molecule has 4 bridgehead atoms. The maximum atomic E-state index is 13.2. The van der Waals surface area contributed by atoms with E-state index in [0.717, 1.165) is 42.6 Å². The number of nitrogens with one attached hydrogen (secondary N) is 2. The highest BCUT2D eigenvalue weighted by atomic mass is 16.2. The van der Waals surface area contributed by atoms with Crippen molar-refractivity contribution in [3.63, 3.8) is 0 Å². The summed E-state index contributed by atoms with van der Waals surface area (Å²) in [6.07, 6.45) is 7.44. The van der Waals surface area contributed by atoms with E-state index < -0.39 is 6.04 Å². The quantitative estimate of drug-likeness (QED) is 0.830. The van der Waals surface area contributed by atoms with Gasteiger partial charge in [-0.3, -0.25) is 9.59 Å². The van der Waals surface area contributed by atoms with Crippen molar-refractivity contribution in [1.82, 2.24) is 10.6 Å². The van der Waals surface area contributed by atoms with E-state index in [9.17, 15) is 9.59 Å². The van der Waals surface area contributed by atoms with Crippen LogP contribution >= 0.6 is 0 Å². The summed E-state index contributed by atoms with van der Waals surface area (Å²) in [5, 5.41) is 6.41. The summed E-state index contributed by atoms with van der Waals surface area (Å²) >= 11 is 0. The molecule has 0 spiro atoms. The predicted molar refractivity (Wildman–Crippen MR) is 106 cm³/mol. The molecule has 1 atom stereocenters.